The Bertz CT molecular complexity index is 241. The first-order valence-corrected chi connectivity index (χ1v) is 5.58. The number of aliphatic hydroxyl groups excluding tert-OH is 1. The molecule has 0 fully saturated rings. The van der Waals surface area contributed by atoms with Crippen molar-refractivity contribution in [1.82, 2.24) is 10.2 Å². The molecular formula is C11H22N2O3. The molecule has 0 aliphatic carbocycles. The van der Waals surface area contributed by atoms with Gasteiger partial charge in [-0.2, -0.15) is 0 Å². The predicted octanol–water partition coefficient (Wildman–Crippen LogP) is 0.130. The molecule has 5 heteroatoms. The van der Waals surface area contributed by atoms with Crippen molar-refractivity contribution in [2.24, 2.45) is 0 Å². The topological polar surface area (TPSA) is 69.6 Å². The van der Waals surface area contributed by atoms with Crippen LogP contribution in [0, 0.1) is 0 Å². The largest absolute Gasteiger partial charge is 0.396 e. The van der Waals surface area contributed by atoms with Gasteiger partial charge in [0.05, 0.1) is 0 Å². The lowest BCUT2D eigenvalue weighted by Gasteiger charge is -2.29. The van der Waals surface area contributed by atoms with Crippen molar-refractivity contribution in [3.05, 3.63) is 0 Å². The van der Waals surface area contributed by atoms with E-state index in [9.17, 15) is 9.59 Å². The number of amides is 2. The van der Waals surface area contributed by atoms with Gasteiger partial charge >= 0.3 is 0 Å². The molecule has 1 atom stereocenters. The second kappa shape index (κ2) is 7.22. The maximum atomic E-state index is 12.0. The monoisotopic (exact) mass is 230 g/mol. The van der Waals surface area contributed by atoms with E-state index in [4.69, 9.17) is 5.11 Å². The molecule has 0 aromatic carbocycles. The first-order chi connectivity index (χ1) is 7.40. The summed E-state index contributed by atoms with van der Waals surface area (Å²) in [5, 5.41) is 11.3. The van der Waals surface area contributed by atoms with Gasteiger partial charge < -0.3 is 15.3 Å². The van der Waals surface area contributed by atoms with E-state index in [1.54, 1.807) is 11.8 Å². The molecule has 1 unspecified atom stereocenters. The summed E-state index contributed by atoms with van der Waals surface area (Å²) in [6, 6.07) is -0.450. The molecule has 0 radical (unpaired) electrons. The zero-order valence-corrected chi connectivity index (χ0v) is 10.5. The standard InChI is InChI=1S/C11H22N2O3/c1-8(2)13(6-5-7-14)11(16)9(3)12-10(4)15/h8-9,14H,5-7H2,1-4H3,(H,12,15). The molecule has 0 heterocycles. The van der Waals surface area contributed by atoms with E-state index < -0.39 is 6.04 Å². The maximum absolute atomic E-state index is 12.0. The lowest BCUT2D eigenvalue weighted by molar-refractivity contribution is -0.137. The van der Waals surface area contributed by atoms with Crippen LogP contribution in [0.1, 0.15) is 34.1 Å². The lowest BCUT2D eigenvalue weighted by atomic mass is 10.2. The fraction of sp³-hybridized carbons (Fsp3) is 0.818. The molecule has 0 aromatic rings. The average molecular weight is 230 g/mol. The van der Waals surface area contributed by atoms with Gasteiger partial charge in [-0.1, -0.05) is 0 Å². The van der Waals surface area contributed by atoms with E-state index in [0.717, 1.165) is 0 Å². The van der Waals surface area contributed by atoms with Crippen molar-refractivity contribution < 1.29 is 14.7 Å². The van der Waals surface area contributed by atoms with Crippen LogP contribution in [-0.2, 0) is 9.59 Å². The van der Waals surface area contributed by atoms with Crippen LogP contribution in [0.4, 0.5) is 0 Å². The Labute approximate surface area is 96.8 Å². The number of nitrogens with zero attached hydrogens (tertiary/aromatic N) is 1. The Morgan fingerprint density at radius 3 is 2.25 bits per heavy atom. The van der Waals surface area contributed by atoms with Gasteiger partial charge in [0, 0.05) is 26.1 Å². The van der Waals surface area contributed by atoms with E-state index >= 15 is 0 Å². The van der Waals surface area contributed by atoms with E-state index in [1.165, 1.54) is 6.92 Å². The third-order valence-corrected chi connectivity index (χ3v) is 2.25. The minimum absolute atomic E-state index is 0.0605. The van der Waals surface area contributed by atoms with Crippen LogP contribution in [0.2, 0.25) is 0 Å². The second-order valence-corrected chi connectivity index (χ2v) is 4.12. The highest BCUT2D eigenvalue weighted by Gasteiger charge is 2.22. The highest BCUT2D eigenvalue weighted by atomic mass is 16.3. The predicted molar refractivity (Wildman–Crippen MR) is 61.8 cm³/mol. The number of hydrogen-bond donors (Lipinski definition) is 2. The van der Waals surface area contributed by atoms with Crippen molar-refractivity contribution in [2.45, 2.75) is 46.2 Å². The van der Waals surface area contributed by atoms with Crippen molar-refractivity contribution in [2.75, 3.05) is 13.2 Å². The maximum Gasteiger partial charge on any atom is 0.245 e. The molecule has 16 heavy (non-hydrogen) atoms. The number of carbonyl (C=O) groups is 2. The number of aliphatic hydroxyl groups is 1. The smallest absolute Gasteiger partial charge is 0.245 e. The molecule has 0 aliphatic heterocycles. The van der Waals surface area contributed by atoms with E-state index in [2.05, 4.69) is 5.32 Å². The highest BCUT2D eigenvalue weighted by Crippen LogP contribution is 2.03. The summed E-state index contributed by atoms with van der Waals surface area (Å²) in [5.41, 5.74) is 0. The van der Waals surface area contributed by atoms with Gasteiger partial charge in [0.25, 0.3) is 0 Å². The highest BCUT2D eigenvalue weighted by molar-refractivity contribution is 5.86. The van der Waals surface area contributed by atoms with Gasteiger partial charge in [0.1, 0.15) is 6.04 Å². The normalized spacial score (nSPS) is 12.4. The van der Waals surface area contributed by atoms with E-state index in [1.807, 2.05) is 13.8 Å². The molecule has 2 N–H and O–H groups in total. The summed E-state index contributed by atoms with van der Waals surface area (Å²) in [5.74, 6) is -0.328. The van der Waals surface area contributed by atoms with Crippen molar-refractivity contribution in [3.63, 3.8) is 0 Å². The third-order valence-electron chi connectivity index (χ3n) is 2.25. The molecule has 0 aromatic heterocycles. The van der Waals surface area contributed by atoms with Gasteiger partial charge in [0.15, 0.2) is 0 Å². The molecule has 0 saturated carbocycles. The van der Waals surface area contributed by atoms with E-state index in [-0.39, 0.29) is 24.5 Å². The Morgan fingerprint density at radius 1 is 1.31 bits per heavy atom. The molecule has 0 bridgehead atoms. The molecule has 94 valence electrons. The summed E-state index contributed by atoms with van der Waals surface area (Å²) in [7, 11) is 0. The van der Waals surface area contributed by atoms with Crippen LogP contribution < -0.4 is 5.32 Å². The Kier molecular flexibility index (Phi) is 6.72. The Morgan fingerprint density at radius 2 is 1.88 bits per heavy atom. The van der Waals surface area contributed by atoms with Crippen molar-refractivity contribution in [1.29, 1.82) is 0 Å². The van der Waals surface area contributed by atoms with Crippen molar-refractivity contribution in [3.8, 4) is 0 Å². The van der Waals surface area contributed by atoms with E-state index in [0.29, 0.717) is 13.0 Å². The Hall–Kier alpha value is -1.10. The summed E-state index contributed by atoms with van der Waals surface area (Å²) >= 11 is 0. The molecular weight excluding hydrogens is 208 g/mol. The minimum Gasteiger partial charge on any atom is -0.396 e. The first-order valence-electron chi connectivity index (χ1n) is 5.58. The van der Waals surface area contributed by atoms with Gasteiger partial charge in [-0.3, -0.25) is 9.59 Å². The fourth-order valence-corrected chi connectivity index (χ4v) is 1.48. The minimum atomic E-state index is -0.515. The number of rotatable bonds is 6. The van der Waals surface area contributed by atoms with Crippen LogP contribution in [0.5, 0.6) is 0 Å². The third kappa shape index (κ3) is 5.11. The molecule has 0 saturated heterocycles. The Balaban J connectivity index is 4.41. The average Bonchev–Trinajstić information content (AvgIpc) is 2.16. The second-order valence-electron chi connectivity index (χ2n) is 4.12. The molecule has 5 nitrogen and oxygen atoms in total. The summed E-state index contributed by atoms with van der Waals surface area (Å²) in [4.78, 5) is 24.5. The lowest BCUT2D eigenvalue weighted by Crippen LogP contribution is -2.49. The van der Waals surface area contributed by atoms with Crippen LogP contribution in [-0.4, -0.2) is 47.1 Å². The molecule has 0 spiro atoms. The zero-order chi connectivity index (χ0) is 12.7. The van der Waals surface area contributed by atoms with Crippen LogP contribution in [0.3, 0.4) is 0 Å². The first kappa shape index (κ1) is 14.9. The number of carbonyl (C=O) groups excluding carboxylic acids is 2. The van der Waals surface area contributed by atoms with Crippen LogP contribution >= 0.6 is 0 Å². The van der Waals surface area contributed by atoms with Gasteiger partial charge in [-0.25, -0.2) is 0 Å². The molecule has 2 amide bonds. The van der Waals surface area contributed by atoms with Gasteiger partial charge in [-0.05, 0) is 27.2 Å². The van der Waals surface area contributed by atoms with Crippen LogP contribution in [0.25, 0.3) is 0 Å². The summed E-state index contributed by atoms with van der Waals surface area (Å²) in [6.45, 7) is 7.45. The quantitative estimate of drug-likeness (QED) is 0.681. The number of nitrogens with one attached hydrogen (secondary N) is 1. The zero-order valence-electron chi connectivity index (χ0n) is 10.5. The summed E-state index contributed by atoms with van der Waals surface area (Å²) in [6.07, 6.45) is 0.552. The fourth-order valence-electron chi connectivity index (χ4n) is 1.48. The van der Waals surface area contributed by atoms with Crippen LogP contribution in [0.15, 0.2) is 0 Å². The van der Waals surface area contributed by atoms with Gasteiger partial charge in [0.2, 0.25) is 11.8 Å². The molecule has 0 aliphatic rings. The number of hydrogen-bond acceptors (Lipinski definition) is 3. The van der Waals surface area contributed by atoms with Gasteiger partial charge in [-0.15, -0.1) is 0 Å². The SMILES string of the molecule is CC(=O)NC(C)C(=O)N(CCCO)C(C)C. The molecule has 0 rings (SSSR count). The summed E-state index contributed by atoms with van der Waals surface area (Å²) < 4.78 is 0. The van der Waals surface area contributed by atoms with Crippen molar-refractivity contribution >= 4 is 11.8 Å².